The standard InChI is InChI=1S/C10H20N2O/c1-6-8-7-13-9(11-8)12(5)10(2,3)4/h8H,6-7H2,1-5H3. The van der Waals surface area contributed by atoms with Gasteiger partial charge in [-0.15, -0.1) is 0 Å². The predicted octanol–water partition coefficient (Wildman–Crippen LogP) is 1.88. The highest BCUT2D eigenvalue weighted by atomic mass is 16.5. The van der Waals surface area contributed by atoms with Crippen LogP contribution < -0.4 is 0 Å². The summed E-state index contributed by atoms with van der Waals surface area (Å²) in [5, 5.41) is 0. The Bertz CT molecular complexity index is 205. The van der Waals surface area contributed by atoms with Crippen LogP contribution in [0.15, 0.2) is 4.99 Å². The molecule has 0 saturated heterocycles. The smallest absolute Gasteiger partial charge is 0.287 e. The molecule has 1 aliphatic rings. The van der Waals surface area contributed by atoms with Gasteiger partial charge >= 0.3 is 0 Å². The minimum Gasteiger partial charge on any atom is -0.463 e. The second-order valence-electron chi connectivity index (χ2n) is 4.51. The van der Waals surface area contributed by atoms with Crippen molar-refractivity contribution in [1.82, 2.24) is 4.90 Å². The Balaban J connectivity index is 2.64. The van der Waals surface area contributed by atoms with E-state index in [1.807, 2.05) is 7.05 Å². The third-order valence-corrected chi connectivity index (χ3v) is 2.46. The van der Waals surface area contributed by atoms with E-state index in [0.29, 0.717) is 6.04 Å². The van der Waals surface area contributed by atoms with Gasteiger partial charge in [0, 0.05) is 12.6 Å². The lowest BCUT2D eigenvalue weighted by atomic mass is 10.1. The van der Waals surface area contributed by atoms with E-state index < -0.39 is 0 Å². The molecule has 0 aromatic rings. The topological polar surface area (TPSA) is 24.8 Å². The Labute approximate surface area is 80.8 Å². The van der Waals surface area contributed by atoms with Crippen LogP contribution in [0.1, 0.15) is 34.1 Å². The van der Waals surface area contributed by atoms with Crippen LogP contribution in [0.2, 0.25) is 0 Å². The van der Waals surface area contributed by atoms with Gasteiger partial charge in [-0.2, -0.15) is 0 Å². The van der Waals surface area contributed by atoms with Crippen LogP contribution in [0, 0.1) is 0 Å². The lowest BCUT2D eigenvalue weighted by Gasteiger charge is -2.32. The van der Waals surface area contributed by atoms with Crippen LogP contribution in [0.3, 0.4) is 0 Å². The molecule has 1 rings (SSSR count). The number of hydrogen-bond acceptors (Lipinski definition) is 3. The van der Waals surface area contributed by atoms with Gasteiger partial charge in [0.2, 0.25) is 0 Å². The lowest BCUT2D eigenvalue weighted by Crippen LogP contribution is -2.42. The summed E-state index contributed by atoms with van der Waals surface area (Å²) in [6, 6.07) is 1.15. The summed E-state index contributed by atoms with van der Waals surface area (Å²) in [5.41, 5.74) is 0.0848. The summed E-state index contributed by atoms with van der Waals surface area (Å²) in [5.74, 6) is 0. The molecule has 1 heterocycles. The molecular formula is C10H20N2O. The van der Waals surface area contributed by atoms with Crippen LogP contribution in [0.4, 0.5) is 0 Å². The zero-order valence-corrected chi connectivity index (χ0v) is 9.29. The summed E-state index contributed by atoms with van der Waals surface area (Å²) < 4.78 is 5.52. The quantitative estimate of drug-likeness (QED) is 0.621. The van der Waals surface area contributed by atoms with E-state index >= 15 is 0 Å². The largest absolute Gasteiger partial charge is 0.463 e. The Hall–Kier alpha value is -0.730. The molecule has 0 spiro atoms. The van der Waals surface area contributed by atoms with E-state index in [1.165, 1.54) is 0 Å². The molecule has 0 bridgehead atoms. The second-order valence-corrected chi connectivity index (χ2v) is 4.51. The molecule has 3 nitrogen and oxygen atoms in total. The van der Waals surface area contributed by atoms with Crippen molar-refractivity contribution in [2.24, 2.45) is 4.99 Å². The van der Waals surface area contributed by atoms with Gasteiger partial charge in [-0.3, -0.25) is 0 Å². The predicted molar refractivity (Wildman–Crippen MR) is 55.0 cm³/mol. The van der Waals surface area contributed by atoms with Crippen molar-refractivity contribution in [3.05, 3.63) is 0 Å². The van der Waals surface area contributed by atoms with Gasteiger partial charge in [0.15, 0.2) is 0 Å². The maximum absolute atomic E-state index is 5.52. The van der Waals surface area contributed by atoms with Gasteiger partial charge in [0.1, 0.15) is 6.61 Å². The first-order chi connectivity index (χ1) is 5.95. The highest BCUT2D eigenvalue weighted by Crippen LogP contribution is 2.17. The summed E-state index contributed by atoms with van der Waals surface area (Å²) in [7, 11) is 2.02. The normalized spacial score (nSPS) is 22.5. The van der Waals surface area contributed by atoms with Crippen LogP contribution >= 0.6 is 0 Å². The van der Waals surface area contributed by atoms with Crippen LogP contribution in [0.25, 0.3) is 0 Å². The SMILES string of the molecule is CCC1COC(N(C)C(C)(C)C)=N1. The Morgan fingerprint density at radius 3 is 2.54 bits per heavy atom. The summed E-state index contributed by atoms with van der Waals surface area (Å²) in [6.45, 7) is 9.33. The van der Waals surface area contributed by atoms with E-state index in [1.54, 1.807) is 0 Å². The number of amidine groups is 1. The van der Waals surface area contributed by atoms with Crippen LogP contribution in [-0.4, -0.2) is 36.2 Å². The minimum absolute atomic E-state index is 0.0848. The van der Waals surface area contributed by atoms with Crippen LogP contribution in [0.5, 0.6) is 0 Å². The van der Waals surface area contributed by atoms with Crippen molar-refractivity contribution >= 4 is 6.02 Å². The molecule has 0 aromatic heterocycles. The molecule has 1 atom stereocenters. The fourth-order valence-electron chi connectivity index (χ4n) is 1.08. The fourth-order valence-corrected chi connectivity index (χ4v) is 1.08. The third kappa shape index (κ3) is 2.36. The van der Waals surface area contributed by atoms with Crippen molar-refractivity contribution < 1.29 is 4.74 Å². The highest BCUT2D eigenvalue weighted by molar-refractivity contribution is 5.75. The van der Waals surface area contributed by atoms with Gasteiger partial charge in [-0.05, 0) is 27.2 Å². The highest BCUT2D eigenvalue weighted by Gasteiger charge is 2.26. The van der Waals surface area contributed by atoms with Crippen molar-refractivity contribution in [2.45, 2.75) is 45.7 Å². The Morgan fingerprint density at radius 2 is 2.15 bits per heavy atom. The first-order valence-corrected chi connectivity index (χ1v) is 4.89. The van der Waals surface area contributed by atoms with Crippen LogP contribution in [-0.2, 0) is 4.74 Å². The van der Waals surface area contributed by atoms with Gasteiger partial charge in [0.25, 0.3) is 6.02 Å². The molecule has 0 fully saturated rings. The molecule has 3 heteroatoms. The Morgan fingerprint density at radius 1 is 1.54 bits per heavy atom. The molecule has 0 amide bonds. The second kappa shape index (κ2) is 3.56. The minimum atomic E-state index is 0.0848. The molecule has 0 N–H and O–H groups in total. The molecular weight excluding hydrogens is 164 g/mol. The van der Waals surface area contributed by atoms with E-state index in [9.17, 15) is 0 Å². The Kier molecular flexibility index (Phi) is 2.84. The summed E-state index contributed by atoms with van der Waals surface area (Å²) in [6.07, 6.45) is 1.06. The number of rotatable bonds is 1. The number of hydrogen-bond donors (Lipinski definition) is 0. The van der Waals surface area contributed by atoms with Gasteiger partial charge in [-0.1, -0.05) is 6.92 Å². The van der Waals surface area contributed by atoms with E-state index in [0.717, 1.165) is 19.0 Å². The van der Waals surface area contributed by atoms with Gasteiger partial charge in [0.05, 0.1) is 6.04 Å². The number of nitrogens with zero attached hydrogens (tertiary/aromatic N) is 2. The molecule has 1 unspecified atom stereocenters. The first kappa shape index (κ1) is 10.4. The van der Waals surface area contributed by atoms with Crippen molar-refractivity contribution in [3.8, 4) is 0 Å². The van der Waals surface area contributed by atoms with E-state index in [4.69, 9.17) is 4.74 Å². The monoisotopic (exact) mass is 184 g/mol. The first-order valence-electron chi connectivity index (χ1n) is 4.89. The van der Waals surface area contributed by atoms with Crippen molar-refractivity contribution in [1.29, 1.82) is 0 Å². The molecule has 0 aliphatic carbocycles. The number of ether oxygens (including phenoxy) is 1. The van der Waals surface area contributed by atoms with Crippen molar-refractivity contribution in [2.75, 3.05) is 13.7 Å². The number of aliphatic imine (C=N–C) groups is 1. The lowest BCUT2D eigenvalue weighted by molar-refractivity contribution is 0.200. The third-order valence-electron chi connectivity index (χ3n) is 2.46. The maximum Gasteiger partial charge on any atom is 0.287 e. The zero-order chi connectivity index (χ0) is 10.1. The average molecular weight is 184 g/mol. The summed E-state index contributed by atoms with van der Waals surface area (Å²) in [4.78, 5) is 6.58. The van der Waals surface area contributed by atoms with Gasteiger partial charge < -0.3 is 9.64 Å². The van der Waals surface area contributed by atoms with E-state index in [2.05, 4.69) is 37.6 Å². The molecule has 0 radical (unpaired) electrons. The summed E-state index contributed by atoms with van der Waals surface area (Å²) >= 11 is 0. The molecule has 0 saturated carbocycles. The van der Waals surface area contributed by atoms with Gasteiger partial charge in [-0.25, -0.2) is 4.99 Å². The van der Waals surface area contributed by atoms with Crippen molar-refractivity contribution in [3.63, 3.8) is 0 Å². The van der Waals surface area contributed by atoms with E-state index in [-0.39, 0.29) is 5.54 Å². The molecule has 76 valence electrons. The zero-order valence-electron chi connectivity index (χ0n) is 9.29. The molecule has 0 aromatic carbocycles. The maximum atomic E-state index is 5.52. The fraction of sp³-hybridized carbons (Fsp3) is 0.900. The average Bonchev–Trinajstić information content (AvgIpc) is 2.48. The molecule has 1 aliphatic heterocycles. The molecule has 13 heavy (non-hydrogen) atoms.